The summed E-state index contributed by atoms with van der Waals surface area (Å²) >= 11 is 3.60. The van der Waals surface area contributed by atoms with E-state index in [1.54, 1.807) is 23.5 Å². The molecule has 0 fully saturated rings. The van der Waals surface area contributed by atoms with Gasteiger partial charge in [0.05, 0.1) is 24.2 Å². The highest BCUT2D eigenvalue weighted by molar-refractivity contribution is 7.99. The van der Waals surface area contributed by atoms with Crippen molar-refractivity contribution in [1.29, 1.82) is 0 Å². The molecule has 0 saturated heterocycles. The van der Waals surface area contributed by atoms with E-state index in [1.165, 1.54) is 20.6 Å². The minimum absolute atomic E-state index is 0.738. The Morgan fingerprint density at radius 3 is 1.63 bits per heavy atom. The molecule has 0 saturated carbocycles. The second-order valence-corrected chi connectivity index (χ2v) is 8.25. The van der Waals surface area contributed by atoms with Gasteiger partial charge in [0, 0.05) is 44.5 Å². The molecule has 27 heavy (non-hydrogen) atoms. The Bertz CT molecular complexity index is 945. The third-order valence-corrected chi connectivity index (χ3v) is 6.18. The predicted molar refractivity (Wildman–Crippen MR) is 116 cm³/mol. The summed E-state index contributed by atoms with van der Waals surface area (Å²) in [5, 5.41) is 2.37. The lowest BCUT2D eigenvalue weighted by atomic mass is 10.2. The van der Waals surface area contributed by atoms with Crippen molar-refractivity contribution in [2.45, 2.75) is 9.79 Å². The van der Waals surface area contributed by atoms with Crippen molar-refractivity contribution >= 4 is 45.3 Å². The Hall–Kier alpha value is -2.08. The first kappa shape index (κ1) is 18.3. The van der Waals surface area contributed by atoms with Crippen LogP contribution in [0.25, 0.3) is 21.8 Å². The van der Waals surface area contributed by atoms with Gasteiger partial charge in [-0.15, -0.1) is 23.5 Å². The Morgan fingerprint density at radius 2 is 1.11 bits per heavy atom. The number of ether oxygens (including phenoxy) is 1. The summed E-state index contributed by atoms with van der Waals surface area (Å²) in [4.78, 5) is 11.4. The number of nitrogens with zero attached hydrogens (tertiary/aromatic N) is 2. The average Bonchev–Trinajstić information content (AvgIpc) is 2.73. The maximum atomic E-state index is 5.82. The number of benzene rings is 2. The first-order valence-electron chi connectivity index (χ1n) is 8.93. The maximum absolute atomic E-state index is 5.82. The van der Waals surface area contributed by atoms with E-state index in [0.717, 1.165) is 35.8 Å². The molecule has 136 valence electrons. The zero-order valence-corrected chi connectivity index (χ0v) is 16.5. The summed E-state index contributed by atoms with van der Waals surface area (Å²) < 4.78 is 5.82. The molecule has 0 aliphatic carbocycles. The summed E-state index contributed by atoms with van der Waals surface area (Å²) in [6.45, 7) is 1.48. The van der Waals surface area contributed by atoms with Crippen LogP contribution in [0.3, 0.4) is 0 Å². The van der Waals surface area contributed by atoms with E-state index in [2.05, 4.69) is 58.5 Å². The van der Waals surface area contributed by atoms with Gasteiger partial charge in [0.1, 0.15) is 0 Å². The van der Waals surface area contributed by atoms with Gasteiger partial charge < -0.3 is 4.74 Å². The van der Waals surface area contributed by atoms with Gasteiger partial charge in [0.25, 0.3) is 0 Å². The van der Waals surface area contributed by atoms with Crippen LogP contribution in [-0.4, -0.2) is 34.7 Å². The van der Waals surface area contributed by atoms with Gasteiger partial charge in [-0.1, -0.05) is 36.4 Å². The first-order chi connectivity index (χ1) is 13.4. The Morgan fingerprint density at radius 1 is 0.630 bits per heavy atom. The molecule has 0 N–H and O–H groups in total. The van der Waals surface area contributed by atoms with Gasteiger partial charge in [-0.3, -0.25) is 9.97 Å². The number of hydrogen-bond acceptors (Lipinski definition) is 5. The van der Waals surface area contributed by atoms with Crippen LogP contribution in [0, 0.1) is 0 Å². The molecule has 0 spiro atoms. The monoisotopic (exact) mass is 392 g/mol. The fourth-order valence-electron chi connectivity index (χ4n) is 2.91. The van der Waals surface area contributed by atoms with E-state index in [0.29, 0.717) is 0 Å². The molecular weight excluding hydrogens is 372 g/mol. The van der Waals surface area contributed by atoms with E-state index in [9.17, 15) is 0 Å². The minimum atomic E-state index is 0.738. The SMILES string of the molecule is c1cnc2c(SCCOCCSc3cccc4cccnc34)cccc2c1. The molecule has 5 heteroatoms. The molecule has 2 aromatic carbocycles. The summed E-state index contributed by atoms with van der Waals surface area (Å²) in [6.07, 6.45) is 3.70. The topological polar surface area (TPSA) is 35.0 Å². The van der Waals surface area contributed by atoms with E-state index < -0.39 is 0 Å². The molecule has 0 aliphatic rings. The largest absolute Gasteiger partial charge is 0.380 e. The number of fused-ring (bicyclic) bond motifs is 2. The van der Waals surface area contributed by atoms with Crippen molar-refractivity contribution in [3.05, 3.63) is 73.1 Å². The van der Waals surface area contributed by atoms with Crippen LogP contribution < -0.4 is 0 Å². The molecule has 0 aliphatic heterocycles. The quantitative estimate of drug-likeness (QED) is 0.284. The van der Waals surface area contributed by atoms with Crippen molar-refractivity contribution in [2.24, 2.45) is 0 Å². The molecule has 0 amide bonds. The van der Waals surface area contributed by atoms with E-state index in [-0.39, 0.29) is 0 Å². The van der Waals surface area contributed by atoms with Crippen LogP contribution in [0.15, 0.2) is 82.8 Å². The molecule has 0 radical (unpaired) electrons. The predicted octanol–water partition coefficient (Wildman–Crippen LogP) is 5.68. The minimum Gasteiger partial charge on any atom is -0.380 e. The molecule has 4 rings (SSSR count). The Kier molecular flexibility index (Phi) is 6.25. The summed E-state index contributed by atoms with van der Waals surface area (Å²) in [5.41, 5.74) is 2.15. The van der Waals surface area contributed by atoms with Crippen molar-refractivity contribution in [2.75, 3.05) is 24.7 Å². The van der Waals surface area contributed by atoms with Gasteiger partial charge in [-0.2, -0.15) is 0 Å². The second kappa shape index (κ2) is 9.22. The van der Waals surface area contributed by atoms with Gasteiger partial charge in [0.2, 0.25) is 0 Å². The van der Waals surface area contributed by atoms with Crippen molar-refractivity contribution in [1.82, 2.24) is 9.97 Å². The zero-order valence-electron chi connectivity index (χ0n) is 14.9. The van der Waals surface area contributed by atoms with Crippen molar-refractivity contribution in [3.8, 4) is 0 Å². The molecule has 2 aromatic heterocycles. The van der Waals surface area contributed by atoms with Gasteiger partial charge in [0.15, 0.2) is 0 Å². The van der Waals surface area contributed by atoms with Gasteiger partial charge >= 0.3 is 0 Å². The molecular formula is C22H20N2OS2. The van der Waals surface area contributed by atoms with Crippen LogP contribution >= 0.6 is 23.5 Å². The Balaban J connectivity index is 1.22. The molecule has 0 unspecified atom stereocenters. The van der Waals surface area contributed by atoms with Crippen molar-refractivity contribution < 1.29 is 4.74 Å². The normalized spacial score (nSPS) is 11.3. The van der Waals surface area contributed by atoms with Crippen LogP contribution in [0.2, 0.25) is 0 Å². The highest BCUT2D eigenvalue weighted by atomic mass is 32.2. The van der Waals surface area contributed by atoms with E-state index >= 15 is 0 Å². The Labute approximate surface area is 167 Å². The lowest BCUT2D eigenvalue weighted by molar-refractivity contribution is 0.167. The fourth-order valence-corrected chi connectivity index (χ4v) is 4.71. The first-order valence-corrected chi connectivity index (χ1v) is 10.9. The molecule has 3 nitrogen and oxygen atoms in total. The molecule has 0 atom stereocenters. The molecule has 2 heterocycles. The number of thioether (sulfide) groups is 2. The lowest BCUT2D eigenvalue weighted by Crippen LogP contribution is -2.01. The highest BCUT2D eigenvalue weighted by Gasteiger charge is 2.04. The highest BCUT2D eigenvalue weighted by Crippen LogP contribution is 2.27. The van der Waals surface area contributed by atoms with Crippen LogP contribution in [0.1, 0.15) is 0 Å². The third-order valence-electron chi connectivity index (χ3n) is 4.16. The number of rotatable bonds is 8. The standard InChI is InChI=1S/C22H20N2OS2/c1-5-17-7-3-11-23-21(17)19(9-1)26-15-13-25-14-16-27-20-10-2-6-18-8-4-12-24-22(18)20/h1-12H,13-16H2. The fraction of sp³-hybridized carbons (Fsp3) is 0.182. The number of hydrogen-bond donors (Lipinski definition) is 0. The summed E-state index contributed by atoms with van der Waals surface area (Å²) in [6, 6.07) is 20.8. The number of pyridine rings is 2. The van der Waals surface area contributed by atoms with Gasteiger partial charge in [-0.05, 0) is 24.3 Å². The average molecular weight is 393 g/mol. The van der Waals surface area contributed by atoms with Crippen molar-refractivity contribution in [3.63, 3.8) is 0 Å². The number of para-hydroxylation sites is 2. The van der Waals surface area contributed by atoms with Crippen LogP contribution in [0.4, 0.5) is 0 Å². The summed E-state index contributed by atoms with van der Waals surface area (Å²) in [5.74, 6) is 1.85. The zero-order chi connectivity index (χ0) is 18.3. The van der Waals surface area contributed by atoms with Crippen LogP contribution in [-0.2, 0) is 4.74 Å². The van der Waals surface area contributed by atoms with Crippen LogP contribution in [0.5, 0.6) is 0 Å². The number of aromatic nitrogens is 2. The van der Waals surface area contributed by atoms with E-state index in [4.69, 9.17) is 4.74 Å². The smallest absolute Gasteiger partial charge is 0.0837 e. The lowest BCUT2D eigenvalue weighted by Gasteiger charge is -2.07. The maximum Gasteiger partial charge on any atom is 0.0837 e. The summed E-state index contributed by atoms with van der Waals surface area (Å²) in [7, 11) is 0. The molecule has 4 aromatic rings. The van der Waals surface area contributed by atoms with Gasteiger partial charge in [-0.25, -0.2) is 0 Å². The third kappa shape index (κ3) is 4.61. The second-order valence-electron chi connectivity index (χ2n) is 5.97. The molecule has 0 bridgehead atoms. The van der Waals surface area contributed by atoms with E-state index in [1.807, 2.05) is 24.5 Å².